The quantitative estimate of drug-likeness (QED) is 0.912. The van der Waals surface area contributed by atoms with Crippen LogP contribution in [-0.4, -0.2) is 43.0 Å². The summed E-state index contributed by atoms with van der Waals surface area (Å²) in [5.74, 6) is 0.807. The van der Waals surface area contributed by atoms with Gasteiger partial charge in [-0.25, -0.2) is 0 Å². The van der Waals surface area contributed by atoms with E-state index in [1.165, 1.54) is 0 Å². The maximum Gasteiger partial charge on any atom is 0.125 e. The molecule has 1 saturated heterocycles. The van der Waals surface area contributed by atoms with Crippen LogP contribution in [0.4, 0.5) is 0 Å². The molecule has 3 rings (SSSR count). The average Bonchev–Trinajstić information content (AvgIpc) is 2.48. The minimum absolute atomic E-state index is 0.00574. The van der Waals surface area contributed by atoms with Crippen molar-refractivity contribution < 1.29 is 14.6 Å². The molecule has 0 radical (unpaired) electrons. The van der Waals surface area contributed by atoms with Gasteiger partial charge in [0.15, 0.2) is 0 Å². The Balaban J connectivity index is 1.96. The highest BCUT2D eigenvalue weighted by molar-refractivity contribution is 7.85. The number of benzene rings is 1. The number of nitrogens with zero attached hydrogens (tertiary/aromatic N) is 1. The van der Waals surface area contributed by atoms with Gasteiger partial charge < -0.3 is 14.6 Å². The predicted octanol–water partition coefficient (Wildman–Crippen LogP) is 2.34. The van der Waals surface area contributed by atoms with Gasteiger partial charge >= 0.3 is 0 Å². The molecule has 0 bridgehead atoms. The molecular weight excluding hydrogens is 286 g/mol. The summed E-state index contributed by atoms with van der Waals surface area (Å²) in [5.41, 5.74) is 0.666. The number of hydrogen-bond donors (Lipinski definition) is 1. The van der Waals surface area contributed by atoms with E-state index < -0.39 is 6.10 Å². The van der Waals surface area contributed by atoms with Gasteiger partial charge in [-0.3, -0.25) is 4.36 Å². The van der Waals surface area contributed by atoms with Gasteiger partial charge in [0.25, 0.3) is 0 Å². The van der Waals surface area contributed by atoms with Crippen LogP contribution in [0.3, 0.4) is 0 Å². The van der Waals surface area contributed by atoms with Crippen molar-refractivity contribution in [3.8, 4) is 5.75 Å². The predicted molar refractivity (Wildman–Crippen MR) is 84.8 cm³/mol. The van der Waals surface area contributed by atoms with E-state index >= 15 is 0 Å². The van der Waals surface area contributed by atoms with Crippen molar-refractivity contribution in [3.63, 3.8) is 0 Å². The number of aliphatic hydroxyl groups excluding tert-OH is 1. The Labute approximate surface area is 128 Å². The van der Waals surface area contributed by atoms with E-state index in [0.717, 1.165) is 24.2 Å². The molecule has 2 aliphatic rings. The van der Waals surface area contributed by atoms with Crippen molar-refractivity contribution in [3.05, 3.63) is 29.8 Å². The first-order chi connectivity index (χ1) is 10.1. The Morgan fingerprint density at radius 3 is 2.67 bits per heavy atom. The second-order valence-electron chi connectivity index (χ2n) is 5.98. The highest BCUT2D eigenvalue weighted by atomic mass is 32.2. The van der Waals surface area contributed by atoms with E-state index in [1.54, 1.807) is 0 Å². The highest BCUT2D eigenvalue weighted by Gasteiger charge is 2.47. The molecule has 0 aromatic heterocycles. The minimum Gasteiger partial charge on any atom is -0.493 e. The first-order valence-electron chi connectivity index (χ1n) is 7.40. The summed E-state index contributed by atoms with van der Waals surface area (Å²) in [6.45, 7) is 1.95. The van der Waals surface area contributed by atoms with Crippen LogP contribution in [0.1, 0.15) is 24.5 Å². The third kappa shape index (κ3) is 2.87. The van der Waals surface area contributed by atoms with Crippen LogP contribution in [0.2, 0.25) is 0 Å². The molecule has 0 saturated carbocycles. The number of ether oxygens (including phenoxy) is 2. The monoisotopic (exact) mass is 309 g/mol. The Hall–Kier alpha value is -0.910. The molecule has 1 aromatic rings. The van der Waals surface area contributed by atoms with Crippen molar-refractivity contribution in [2.75, 3.05) is 32.3 Å². The average molecular weight is 309 g/mol. The van der Waals surface area contributed by atoms with Crippen LogP contribution in [-0.2, 0) is 15.4 Å². The Morgan fingerprint density at radius 2 is 1.95 bits per heavy atom. The number of para-hydroxylation sites is 1. The van der Waals surface area contributed by atoms with Gasteiger partial charge in [-0.2, -0.15) is 0 Å². The van der Waals surface area contributed by atoms with Crippen LogP contribution >= 0.6 is 0 Å². The lowest BCUT2D eigenvalue weighted by molar-refractivity contribution is -0.0383. The molecular formula is C16H23NO3S. The third-order valence-electron chi connectivity index (χ3n) is 4.45. The maximum atomic E-state index is 10.9. The molecule has 2 unspecified atom stereocenters. The molecule has 1 fully saturated rings. The number of rotatable bonds is 2. The number of hydrogen-bond acceptors (Lipinski definition) is 4. The molecule has 2 aliphatic heterocycles. The molecule has 0 amide bonds. The summed E-state index contributed by atoms with van der Waals surface area (Å²) in [4.78, 5) is 0. The maximum absolute atomic E-state index is 10.9. The zero-order valence-electron chi connectivity index (χ0n) is 12.6. The van der Waals surface area contributed by atoms with Crippen molar-refractivity contribution >= 4 is 10.7 Å². The van der Waals surface area contributed by atoms with Crippen molar-refractivity contribution in [2.45, 2.75) is 24.5 Å². The van der Waals surface area contributed by atoms with Crippen LogP contribution in [0.15, 0.2) is 28.6 Å². The fourth-order valence-electron chi connectivity index (χ4n) is 3.41. The lowest BCUT2D eigenvalue weighted by Gasteiger charge is -2.44. The van der Waals surface area contributed by atoms with Gasteiger partial charge in [-0.05, 0) is 31.4 Å². The van der Waals surface area contributed by atoms with Gasteiger partial charge in [-0.1, -0.05) is 18.2 Å². The Bertz CT molecular complexity index is 536. The van der Waals surface area contributed by atoms with Crippen molar-refractivity contribution in [1.82, 2.24) is 0 Å². The summed E-state index contributed by atoms with van der Waals surface area (Å²) in [7, 11) is -0.0241. The zero-order valence-corrected chi connectivity index (χ0v) is 13.4. The summed E-state index contributed by atoms with van der Waals surface area (Å²) in [6.07, 6.45) is 5.47. The summed E-state index contributed by atoms with van der Waals surface area (Å²) < 4.78 is 16.5. The van der Waals surface area contributed by atoms with E-state index in [-0.39, 0.29) is 22.1 Å². The molecule has 1 aromatic carbocycles. The SMILES string of the molecule is CS(C)=NC1(C2COc3ccccc3C2O)CCOCC1. The highest BCUT2D eigenvalue weighted by Crippen LogP contribution is 2.45. The first-order valence-corrected chi connectivity index (χ1v) is 9.40. The Kier molecular flexibility index (Phi) is 4.33. The molecule has 2 heterocycles. The molecule has 5 heteroatoms. The number of fused-ring (bicyclic) bond motifs is 1. The van der Waals surface area contributed by atoms with E-state index in [9.17, 15) is 5.11 Å². The largest absolute Gasteiger partial charge is 0.493 e. The fraction of sp³-hybridized carbons (Fsp3) is 0.625. The second kappa shape index (κ2) is 6.07. The van der Waals surface area contributed by atoms with Crippen molar-refractivity contribution in [2.24, 2.45) is 10.3 Å². The van der Waals surface area contributed by atoms with E-state index in [0.29, 0.717) is 19.8 Å². The summed E-state index contributed by atoms with van der Waals surface area (Å²) in [6, 6.07) is 7.77. The first kappa shape index (κ1) is 15.0. The van der Waals surface area contributed by atoms with Gasteiger partial charge in [-0.15, -0.1) is 10.7 Å². The standard InChI is InChI=1S/C16H23NO3S/c1-21(2)17-16(7-9-19-10-8-16)13-11-20-14-6-4-3-5-12(14)15(13)18/h3-6,13,15,18H,7-11H2,1-2H3. The van der Waals surface area contributed by atoms with Crippen LogP contribution in [0.25, 0.3) is 0 Å². The third-order valence-corrected chi connectivity index (χ3v) is 5.18. The minimum atomic E-state index is -0.514. The summed E-state index contributed by atoms with van der Waals surface area (Å²) >= 11 is 0. The molecule has 2 atom stereocenters. The summed E-state index contributed by atoms with van der Waals surface area (Å²) in [5, 5.41) is 10.9. The van der Waals surface area contributed by atoms with Crippen molar-refractivity contribution in [1.29, 1.82) is 0 Å². The van der Waals surface area contributed by atoms with Crippen LogP contribution < -0.4 is 4.74 Å². The lowest BCUT2D eigenvalue weighted by atomic mass is 9.73. The number of aliphatic hydroxyl groups is 1. The van der Waals surface area contributed by atoms with Gasteiger partial charge in [0, 0.05) is 24.7 Å². The van der Waals surface area contributed by atoms with Gasteiger partial charge in [0.1, 0.15) is 5.75 Å². The van der Waals surface area contributed by atoms with E-state index in [2.05, 4.69) is 12.5 Å². The smallest absolute Gasteiger partial charge is 0.125 e. The van der Waals surface area contributed by atoms with Gasteiger partial charge in [0.05, 0.1) is 18.2 Å². The van der Waals surface area contributed by atoms with Crippen LogP contribution in [0.5, 0.6) is 5.75 Å². The molecule has 0 aliphatic carbocycles. The second-order valence-corrected chi connectivity index (χ2v) is 7.71. The zero-order chi connectivity index (χ0) is 14.9. The molecule has 0 spiro atoms. The molecule has 1 N–H and O–H groups in total. The topological polar surface area (TPSA) is 51.0 Å². The lowest BCUT2D eigenvalue weighted by Crippen LogP contribution is -2.48. The van der Waals surface area contributed by atoms with Gasteiger partial charge in [0.2, 0.25) is 0 Å². The normalized spacial score (nSPS) is 27.8. The fourth-order valence-corrected chi connectivity index (χ4v) is 4.46. The van der Waals surface area contributed by atoms with Crippen LogP contribution in [0, 0.1) is 5.92 Å². The Morgan fingerprint density at radius 1 is 1.24 bits per heavy atom. The molecule has 4 nitrogen and oxygen atoms in total. The van der Waals surface area contributed by atoms with E-state index in [4.69, 9.17) is 13.8 Å². The molecule has 116 valence electrons. The van der Waals surface area contributed by atoms with E-state index in [1.807, 2.05) is 24.3 Å². The molecule has 21 heavy (non-hydrogen) atoms.